The number of allylic oxidation sites excluding steroid dienone is 1. The van der Waals surface area contributed by atoms with Crippen LogP contribution in [0, 0.1) is 0 Å². The zero-order chi connectivity index (χ0) is 23.7. The molecule has 8 heteroatoms. The molecule has 3 aromatic heterocycles. The third kappa shape index (κ3) is 5.19. The molecule has 0 unspecified atom stereocenters. The molecule has 0 atom stereocenters. The van der Waals surface area contributed by atoms with Gasteiger partial charge in [0.15, 0.2) is 0 Å². The van der Waals surface area contributed by atoms with Gasteiger partial charge in [-0.2, -0.15) is 0 Å². The molecule has 0 saturated carbocycles. The molecule has 170 valence electrons. The second-order valence-electron chi connectivity index (χ2n) is 8.21. The van der Waals surface area contributed by atoms with Crippen LogP contribution in [-0.2, 0) is 16.0 Å². The smallest absolute Gasteiger partial charge is 0.221 e. The van der Waals surface area contributed by atoms with Crippen LogP contribution in [0.5, 0.6) is 0 Å². The summed E-state index contributed by atoms with van der Waals surface area (Å²) in [5.41, 5.74) is 8.59. The topological polar surface area (TPSA) is 91.5 Å². The van der Waals surface area contributed by atoms with Crippen LogP contribution in [0.2, 0.25) is 0 Å². The third-order valence-corrected chi connectivity index (χ3v) is 6.02. The number of rotatable bonds is 6. The summed E-state index contributed by atoms with van der Waals surface area (Å²) in [6.45, 7) is 0. The fourth-order valence-corrected chi connectivity index (χ4v) is 4.27. The van der Waals surface area contributed by atoms with E-state index in [1.807, 2.05) is 60.7 Å². The number of hydrogen-bond donors (Lipinski definition) is 2. The number of carbonyl (C=O) groups is 2. The number of aromatic nitrogens is 4. The Morgan fingerprint density at radius 3 is 2.09 bits per heavy atom. The van der Waals surface area contributed by atoms with Crippen molar-refractivity contribution in [2.45, 2.75) is 25.7 Å². The van der Waals surface area contributed by atoms with E-state index in [1.54, 1.807) is 0 Å². The standard InChI is InChI=1S/C26H20Cl2N4O2/c27-25(33)7-1-15-9-21-12-19-5-3-17(29-19)11-18-4-6-20(30-18)13-22-10-16(2-8-26(28)34)24(32-22)14-23(15)31-21/h3-6,9-14,29,32H,1-2,7-8H2. The first-order chi connectivity index (χ1) is 16.4. The Kier molecular flexibility index (Phi) is 6.18. The number of aryl methyl sites for hydroxylation is 1. The fourth-order valence-electron chi connectivity index (χ4n) is 4.08. The lowest BCUT2D eigenvalue weighted by Crippen LogP contribution is -1.91. The van der Waals surface area contributed by atoms with Gasteiger partial charge in [0.05, 0.1) is 22.8 Å². The second kappa shape index (κ2) is 9.41. The largest absolute Gasteiger partial charge is 0.355 e. The monoisotopic (exact) mass is 490 g/mol. The predicted octanol–water partition coefficient (Wildman–Crippen LogP) is 6.27. The quantitative estimate of drug-likeness (QED) is 0.311. The first-order valence-corrected chi connectivity index (χ1v) is 11.6. The number of H-pyrrole nitrogens is 2. The lowest BCUT2D eigenvalue weighted by atomic mass is 10.1. The van der Waals surface area contributed by atoms with Gasteiger partial charge in [-0.25, -0.2) is 9.97 Å². The summed E-state index contributed by atoms with van der Waals surface area (Å²) < 4.78 is 0. The molecule has 5 rings (SSSR count). The number of nitrogens with one attached hydrogen (secondary N) is 2. The average Bonchev–Trinajstić information content (AvgIpc) is 3.55. The minimum Gasteiger partial charge on any atom is -0.355 e. The summed E-state index contributed by atoms with van der Waals surface area (Å²) >= 11 is 11.2. The first-order valence-electron chi connectivity index (χ1n) is 10.9. The third-order valence-electron chi connectivity index (χ3n) is 5.64. The summed E-state index contributed by atoms with van der Waals surface area (Å²) in [7, 11) is 0. The lowest BCUT2D eigenvalue weighted by molar-refractivity contribution is -0.112. The van der Waals surface area contributed by atoms with Gasteiger partial charge in [-0.15, -0.1) is 0 Å². The number of halogens is 2. The molecular weight excluding hydrogens is 471 g/mol. The van der Waals surface area contributed by atoms with Crippen molar-refractivity contribution >= 4 is 79.6 Å². The summed E-state index contributed by atoms with van der Waals surface area (Å²) in [6.07, 6.45) is 7.31. The fraction of sp³-hybridized carbons (Fsp3) is 0.154. The zero-order valence-corrected chi connectivity index (χ0v) is 19.6. The molecule has 0 amide bonds. The highest BCUT2D eigenvalue weighted by atomic mass is 35.5. The van der Waals surface area contributed by atoms with Gasteiger partial charge >= 0.3 is 0 Å². The van der Waals surface area contributed by atoms with E-state index in [0.717, 1.165) is 56.0 Å². The highest BCUT2D eigenvalue weighted by Gasteiger charge is 2.13. The maximum atomic E-state index is 11.4. The van der Waals surface area contributed by atoms with Gasteiger partial charge in [0, 0.05) is 34.9 Å². The molecule has 8 bridgehead atoms. The van der Waals surface area contributed by atoms with E-state index >= 15 is 0 Å². The minimum absolute atomic E-state index is 0.220. The number of hydrogen-bond acceptors (Lipinski definition) is 4. The molecule has 2 aliphatic rings. The molecule has 0 aromatic carbocycles. The molecule has 2 N–H and O–H groups in total. The van der Waals surface area contributed by atoms with Crippen molar-refractivity contribution in [2.75, 3.05) is 0 Å². The summed E-state index contributed by atoms with van der Waals surface area (Å²) in [6, 6.07) is 13.8. The van der Waals surface area contributed by atoms with Crippen LogP contribution in [0.4, 0.5) is 0 Å². The molecule has 3 aromatic rings. The SMILES string of the molecule is O=C(Cl)CCC1=Cc2cc3ccc(cc4nc(cc5cc(CCC(=O)Cl)c(cc1n2)[nH]5)C=C4)[nH]3. The second-order valence-corrected chi connectivity index (χ2v) is 9.05. The molecule has 0 saturated heterocycles. The van der Waals surface area contributed by atoms with Crippen molar-refractivity contribution in [2.24, 2.45) is 0 Å². The lowest BCUT2D eigenvalue weighted by Gasteiger charge is -2.00. The van der Waals surface area contributed by atoms with E-state index in [4.69, 9.17) is 28.2 Å². The zero-order valence-electron chi connectivity index (χ0n) is 18.1. The van der Waals surface area contributed by atoms with Gasteiger partial charge in [-0.05, 0) is 108 Å². The van der Waals surface area contributed by atoms with Crippen molar-refractivity contribution in [3.8, 4) is 0 Å². The van der Waals surface area contributed by atoms with Crippen LogP contribution < -0.4 is 0 Å². The molecule has 0 radical (unpaired) electrons. The van der Waals surface area contributed by atoms with Gasteiger partial charge in [-0.1, -0.05) is 0 Å². The highest BCUT2D eigenvalue weighted by Crippen LogP contribution is 2.28. The summed E-state index contributed by atoms with van der Waals surface area (Å²) in [5.74, 6) is 0. The van der Waals surface area contributed by atoms with Crippen LogP contribution in [0.15, 0.2) is 42.5 Å². The first kappa shape index (κ1) is 22.3. The summed E-state index contributed by atoms with van der Waals surface area (Å²) in [4.78, 5) is 39.1. The Morgan fingerprint density at radius 2 is 1.38 bits per heavy atom. The molecule has 0 spiro atoms. The molecule has 34 heavy (non-hydrogen) atoms. The van der Waals surface area contributed by atoms with Gasteiger partial charge in [0.25, 0.3) is 0 Å². The number of nitrogens with zero attached hydrogens (tertiary/aromatic N) is 2. The molecule has 5 heterocycles. The van der Waals surface area contributed by atoms with Crippen molar-refractivity contribution in [3.05, 3.63) is 70.8 Å². The van der Waals surface area contributed by atoms with Crippen LogP contribution >= 0.6 is 23.2 Å². The van der Waals surface area contributed by atoms with Crippen LogP contribution in [0.25, 0.3) is 45.9 Å². The van der Waals surface area contributed by atoms with E-state index in [0.29, 0.717) is 12.8 Å². The van der Waals surface area contributed by atoms with Crippen LogP contribution in [0.1, 0.15) is 47.6 Å². The normalized spacial score (nSPS) is 12.6. The Balaban J connectivity index is 1.75. The number of fused-ring (bicyclic) bond motifs is 8. The van der Waals surface area contributed by atoms with E-state index < -0.39 is 0 Å². The Hall–Kier alpha value is -3.48. The van der Waals surface area contributed by atoms with Crippen molar-refractivity contribution in [3.63, 3.8) is 0 Å². The Morgan fingerprint density at radius 1 is 0.735 bits per heavy atom. The average molecular weight is 491 g/mol. The summed E-state index contributed by atoms with van der Waals surface area (Å²) in [5, 5.41) is -0.774. The van der Waals surface area contributed by atoms with Gasteiger partial charge < -0.3 is 9.97 Å². The highest BCUT2D eigenvalue weighted by molar-refractivity contribution is 6.63. The predicted molar refractivity (Wildman–Crippen MR) is 137 cm³/mol. The maximum absolute atomic E-state index is 11.4. The van der Waals surface area contributed by atoms with Crippen molar-refractivity contribution in [1.29, 1.82) is 0 Å². The van der Waals surface area contributed by atoms with Crippen molar-refractivity contribution in [1.82, 2.24) is 19.9 Å². The minimum atomic E-state index is -0.389. The Labute approximate surface area is 205 Å². The molecule has 0 fully saturated rings. The molecule has 0 aliphatic carbocycles. The number of carbonyl (C=O) groups excluding carboxylic acids is 2. The van der Waals surface area contributed by atoms with Crippen LogP contribution in [-0.4, -0.2) is 30.4 Å². The van der Waals surface area contributed by atoms with Gasteiger partial charge in [-0.3, -0.25) is 9.59 Å². The van der Waals surface area contributed by atoms with Crippen molar-refractivity contribution < 1.29 is 9.59 Å². The van der Waals surface area contributed by atoms with Gasteiger partial charge in [0.2, 0.25) is 10.5 Å². The van der Waals surface area contributed by atoms with E-state index in [1.165, 1.54) is 0 Å². The van der Waals surface area contributed by atoms with E-state index in [2.05, 4.69) is 15.0 Å². The molecule has 2 aliphatic heterocycles. The maximum Gasteiger partial charge on any atom is 0.221 e. The molecular formula is C26H20Cl2N4O2. The van der Waals surface area contributed by atoms with E-state index in [-0.39, 0.29) is 23.3 Å². The van der Waals surface area contributed by atoms with E-state index in [9.17, 15) is 9.59 Å². The van der Waals surface area contributed by atoms with Gasteiger partial charge in [0.1, 0.15) is 0 Å². The number of aromatic amines is 2. The van der Waals surface area contributed by atoms with Crippen LogP contribution in [0.3, 0.4) is 0 Å². The molecule has 6 nitrogen and oxygen atoms in total. The Bertz CT molecular complexity index is 1530.